The number of anilines is 1. The van der Waals surface area contributed by atoms with Gasteiger partial charge >= 0.3 is 0 Å². The molecule has 0 aromatic heterocycles. The molecule has 35 heavy (non-hydrogen) atoms. The maximum absolute atomic E-state index is 12.4. The molecule has 192 valence electrons. The van der Waals surface area contributed by atoms with Crippen molar-refractivity contribution < 1.29 is 9.90 Å². The number of benzene rings is 2. The van der Waals surface area contributed by atoms with Crippen molar-refractivity contribution in [1.82, 2.24) is 0 Å². The Morgan fingerprint density at radius 3 is 1.89 bits per heavy atom. The molecule has 0 spiro atoms. The third kappa shape index (κ3) is 10.9. The van der Waals surface area contributed by atoms with Gasteiger partial charge in [-0.25, -0.2) is 0 Å². The highest BCUT2D eigenvalue weighted by Gasteiger charge is 2.15. The summed E-state index contributed by atoms with van der Waals surface area (Å²) in [5.74, 6) is 0.521. The molecule has 1 aliphatic heterocycles. The third-order valence-corrected chi connectivity index (χ3v) is 7.44. The molecule has 0 unspecified atom stereocenters. The standard InChI is InChI=1S/C32H47NO2/c34-31(26-29-22-23-30(27-32(29)35)33-24-16-17-25-33)21-15-10-8-6-4-2-1-3-5-7-9-12-18-28-19-13-11-14-20-28/h11,13-14,19-20,22-23,27,35H,1-10,12,15-18,21,24-26H2. The van der Waals surface area contributed by atoms with Gasteiger partial charge in [-0.05, 0) is 43.7 Å². The average Bonchev–Trinajstić information content (AvgIpc) is 3.41. The van der Waals surface area contributed by atoms with E-state index in [0.717, 1.165) is 37.2 Å². The van der Waals surface area contributed by atoms with Gasteiger partial charge in [0.05, 0.1) is 0 Å². The first-order valence-corrected chi connectivity index (χ1v) is 14.3. The van der Waals surface area contributed by atoms with Crippen molar-refractivity contribution in [2.75, 3.05) is 18.0 Å². The highest BCUT2D eigenvalue weighted by Crippen LogP contribution is 2.28. The van der Waals surface area contributed by atoms with Crippen LogP contribution in [0.5, 0.6) is 5.75 Å². The molecule has 0 atom stereocenters. The fourth-order valence-electron chi connectivity index (χ4n) is 5.24. The number of carbonyl (C=O) groups is 1. The molecule has 1 aliphatic rings. The summed E-state index contributed by atoms with van der Waals surface area (Å²) < 4.78 is 0. The van der Waals surface area contributed by atoms with E-state index in [9.17, 15) is 9.90 Å². The normalized spacial score (nSPS) is 13.4. The first kappa shape index (κ1) is 27.3. The molecular weight excluding hydrogens is 430 g/mol. The number of aryl methyl sites for hydroxylation is 1. The van der Waals surface area contributed by atoms with Gasteiger partial charge in [0, 0.05) is 43.2 Å². The Hall–Kier alpha value is -2.29. The minimum Gasteiger partial charge on any atom is -0.508 e. The minimum atomic E-state index is 0.248. The lowest BCUT2D eigenvalue weighted by Gasteiger charge is -2.18. The number of nitrogens with zero attached hydrogens (tertiary/aromatic N) is 1. The van der Waals surface area contributed by atoms with Gasteiger partial charge in [-0.1, -0.05) is 101 Å². The van der Waals surface area contributed by atoms with Crippen molar-refractivity contribution in [3.8, 4) is 5.75 Å². The van der Waals surface area contributed by atoms with E-state index in [2.05, 4.69) is 41.3 Å². The fourth-order valence-corrected chi connectivity index (χ4v) is 5.24. The highest BCUT2D eigenvalue weighted by atomic mass is 16.3. The summed E-state index contributed by atoms with van der Waals surface area (Å²) in [7, 11) is 0. The summed E-state index contributed by atoms with van der Waals surface area (Å²) in [6, 6.07) is 16.7. The Labute approximate surface area is 213 Å². The van der Waals surface area contributed by atoms with Crippen LogP contribution in [0.1, 0.15) is 107 Å². The molecule has 0 saturated carbocycles. The summed E-state index contributed by atoms with van der Waals surface area (Å²) >= 11 is 0. The number of hydrogen-bond acceptors (Lipinski definition) is 3. The van der Waals surface area contributed by atoms with Gasteiger partial charge in [0.2, 0.25) is 0 Å². The maximum atomic E-state index is 12.4. The van der Waals surface area contributed by atoms with E-state index in [0.29, 0.717) is 12.8 Å². The fraction of sp³-hybridized carbons (Fsp3) is 0.594. The summed E-state index contributed by atoms with van der Waals surface area (Å²) in [6.45, 7) is 2.13. The number of phenolic OH excluding ortho intramolecular Hbond substituents is 1. The number of Topliss-reactive ketones (excluding diaryl/α,β-unsaturated/α-hetero) is 1. The van der Waals surface area contributed by atoms with E-state index < -0.39 is 0 Å². The zero-order valence-corrected chi connectivity index (χ0v) is 21.9. The molecule has 3 nitrogen and oxygen atoms in total. The van der Waals surface area contributed by atoms with E-state index in [1.807, 2.05) is 12.1 Å². The van der Waals surface area contributed by atoms with E-state index in [1.54, 1.807) is 0 Å². The number of carbonyl (C=O) groups excluding carboxylic acids is 1. The van der Waals surface area contributed by atoms with E-state index in [1.165, 1.54) is 89.0 Å². The molecule has 1 fully saturated rings. The molecule has 2 aromatic carbocycles. The van der Waals surface area contributed by atoms with Gasteiger partial charge in [-0.15, -0.1) is 0 Å². The number of phenols is 1. The Morgan fingerprint density at radius 1 is 0.714 bits per heavy atom. The third-order valence-electron chi connectivity index (χ3n) is 7.44. The Kier molecular flexibility index (Phi) is 12.8. The number of aromatic hydroxyl groups is 1. The molecule has 0 amide bonds. The topological polar surface area (TPSA) is 40.5 Å². The number of unbranched alkanes of at least 4 members (excludes halogenated alkanes) is 11. The molecule has 0 aliphatic carbocycles. The number of ketones is 1. The van der Waals surface area contributed by atoms with Gasteiger partial charge in [0.1, 0.15) is 11.5 Å². The molecule has 1 saturated heterocycles. The van der Waals surface area contributed by atoms with Gasteiger partial charge in [-0.3, -0.25) is 4.79 Å². The zero-order chi connectivity index (χ0) is 24.6. The van der Waals surface area contributed by atoms with Crippen LogP contribution < -0.4 is 4.90 Å². The molecule has 1 heterocycles. The molecule has 3 heteroatoms. The highest BCUT2D eigenvalue weighted by molar-refractivity contribution is 5.81. The number of hydrogen-bond donors (Lipinski definition) is 1. The minimum absolute atomic E-state index is 0.248. The molecule has 1 N–H and O–H groups in total. The lowest BCUT2D eigenvalue weighted by Crippen LogP contribution is -2.17. The van der Waals surface area contributed by atoms with Crippen LogP contribution in [-0.2, 0) is 17.6 Å². The summed E-state index contributed by atoms with van der Waals surface area (Å²) in [6.07, 6.45) is 20.2. The Morgan fingerprint density at radius 2 is 1.29 bits per heavy atom. The van der Waals surface area contributed by atoms with Crippen LogP contribution in [0, 0.1) is 0 Å². The second-order valence-corrected chi connectivity index (χ2v) is 10.5. The Balaban J connectivity index is 1.11. The zero-order valence-electron chi connectivity index (χ0n) is 21.9. The quantitative estimate of drug-likeness (QED) is 0.219. The molecule has 3 rings (SSSR count). The van der Waals surface area contributed by atoms with Gasteiger partial charge in [0.25, 0.3) is 0 Å². The van der Waals surface area contributed by atoms with Crippen LogP contribution in [0.3, 0.4) is 0 Å². The smallest absolute Gasteiger partial charge is 0.137 e. The molecular formula is C32H47NO2. The predicted molar refractivity (Wildman–Crippen MR) is 148 cm³/mol. The monoisotopic (exact) mass is 477 g/mol. The maximum Gasteiger partial charge on any atom is 0.137 e. The van der Waals surface area contributed by atoms with E-state index >= 15 is 0 Å². The van der Waals surface area contributed by atoms with Crippen LogP contribution in [0.4, 0.5) is 5.69 Å². The van der Waals surface area contributed by atoms with Crippen molar-refractivity contribution in [2.24, 2.45) is 0 Å². The lowest BCUT2D eigenvalue weighted by atomic mass is 10.0. The van der Waals surface area contributed by atoms with Gasteiger partial charge in [-0.2, -0.15) is 0 Å². The van der Waals surface area contributed by atoms with Crippen molar-refractivity contribution >= 4 is 11.5 Å². The van der Waals surface area contributed by atoms with E-state index in [-0.39, 0.29) is 11.5 Å². The van der Waals surface area contributed by atoms with E-state index in [4.69, 9.17) is 0 Å². The van der Waals surface area contributed by atoms with Crippen LogP contribution in [0.25, 0.3) is 0 Å². The van der Waals surface area contributed by atoms with Gasteiger partial charge < -0.3 is 10.0 Å². The van der Waals surface area contributed by atoms with Crippen LogP contribution in [-0.4, -0.2) is 24.0 Å². The summed E-state index contributed by atoms with van der Waals surface area (Å²) in [5.41, 5.74) is 3.32. The van der Waals surface area contributed by atoms with Gasteiger partial charge in [0.15, 0.2) is 0 Å². The molecule has 0 bridgehead atoms. The number of rotatable bonds is 18. The Bertz CT molecular complexity index is 842. The van der Waals surface area contributed by atoms with Crippen LogP contribution in [0.2, 0.25) is 0 Å². The molecule has 0 radical (unpaired) electrons. The van der Waals surface area contributed by atoms with Crippen molar-refractivity contribution in [2.45, 2.75) is 109 Å². The lowest BCUT2D eigenvalue weighted by molar-refractivity contribution is -0.118. The second-order valence-electron chi connectivity index (χ2n) is 10.5. The SMILES string of the molecule is O=C(CCCCCCCCCCCCCCc1ccccc1)Cc1ccc(N2CCCC2)cc1O. The predicted octanol–water partition coefficient (Wildman–Crippen LogP) is 8.42. The van der Waals surface area contributed by atoms with Crippen LogP contribution in [0.15, 0.2) is 48.5 Å². The van der Waals surface area contributed by atoms with Crippen molar-refractivity contribution in [3.63, 3.8) is 0 Å². The van der Waals surface area contributed by atoms with Crippen LogP contribution >= 0.6 is 0 Å². The average molecular weight is 478 g/mol. The molecule has 2 aromatic rings. The summed E-state index contributed by atoms with van der Waals surface area (Å²) in [5, 5.41) is 10.3. The first-order valence-electron chi connectivity index (χ1n) is 14.3. The van der Waals surface area contributed by atoms with Crippen molar-refractivity contribution in [3.05, 3.63) is 59.7 Å². The van der Waals surface area contributed by atoms with Crippen molar-refractivity contribution in [1.29, 1.82) is 0 Å². The first-order chi connectivity index (χ1) is 17.2. The second kappa shape index (κ2) is 16.4. The summed E-state index contributed by atoms with van der Waals surface area (Å²) in [4.78, 5) is 14.7. The largest absolute Gasteiger partial charge is 0.508 e.